The number of nitrogens with two attached hydrogens (primary N) is 1. The average Bonchev–Trinajstić information content (AvgIpc) is 2.32. The van der Waals surface area contributed by atoms with Crippen molar-refractivity contribution >= 4 is 29.9 Å². The van der Waals surface area contributed by atoms with Crippen LogP contribution in [0.2, 0.25) is 0 Å². The second-order valence-corrected chi connectivity index (χ2v) is 4.73. The SMILES string of the molecule is CCCCN=C(N)NCCc1ccc(C)cc1C.I. The van der Waals surface area contributed by atoms with E-state index in [9.17, 15) is 0 Å². The number of aliphatic imine (C=N–C) groups is 1. The first-order valence-electron chi connectivity index (χ1n) is 6.73. The minimum atomic E-state index is 0. The van der Waals surface area contributed by atoms with Gasteiger partial charge in [-0.3, -0.25) is 4.99 Å². The van der Waals surface area contributed by atoms with Crippen molar-refractivity contribution in [2.24, 2.45) is 10.7 Å². The molecule has 108 valence electrons. The van der Waals surface area contributed by atoms with Crippen LogP contribution in [-0.2, 0) is 6.42 Å². The summed E-state index contributed by atoms with van der Waals surface area (Å²) >= 11 is 0. The zero-order chi connectivity index (χ0) is 13.4. The van der Waals surface area contributed by atoms with Crippen molar-refractivity contribution in [3.8, 4) is 0 Å². The van der Waals surface area contributed by atoms with Gasteiger partial charge in [0.2, 0.25) is 0 Å². The highest BCUT2D eigenvalue weighted by Crippen LogP contribution is 2.10. The van der Waals surface area contributed by atoms with Crippen LogP contribution < -0.4 is 11.1 Å². The fourth-order valence-electron chi connectivity index (χ4n) is 1.87. The predicted octanol–water partition coefficient (Wildman–Crippen LogP) is 3.17. The third-order valence-corrected chi connectivity index (χ3v) is 2.99. The summed E-state index contributed by atoms with van der Waals surface area (Å²) in [5.74, 6) is 0.563. The normalized spacial score (nSPS) is 11.0. The van der Waals surface area contributed by atoms with E-state index in [-0.39, 0.29) is 24.0 Å². The average molecular weight is 375 g/mol. The Morgan fingerprint density at radius 1 is 1.32 bits per heavy atom. The number of nitrogens with one attached hydrogen (secondary N) is 1. The molecule has 0 amide bonds. The summed E-state index contributed by atoms with van der Waals surface area (Å²) in [4.78, 5) is 4.26. The van der Waals surface area contributed by atoms with Gasteiger partial charge >= 0.3 is 0 Å². The molecule has 1 aromatic carbocycles. The first kappa shape index (κ1) is 18.2. The summed E-state index contributed by atoms with van der Waals surface area (Å²) in [7, 11) is 0. The molecular weight excluding hydrogens is 349 g/mol. The van der Waals surface area contributed by atoms with Crippen LogP contribution in [0, 0.1) is 13.8 Å². The van der Waals surface area contributed by atoms with Crippen molar-refractivity contribution in [1.82, 2.24) is 5.32 Å². The Morgan fingerprint density at radius 2 is 2.05 bits per heavy atom. The highest BCUT2D eigenvalue weighted by atomic mass is 127. The number of nitrogens with zero attached hydrogens (tertiary/aromatic N) is 1. The van der Waals surface area contributed by atoms with E-state index in [1.165, 1.54) is 16.7 Å². The number of rotatable bonds is 6. The summed E-state index contributed by atoms with van der Waals surface area (Å²) < 4.78 is 0. The van der Waals surface area contributed by atoms with Crippen LogP contribution in [0.4, 0.5) is 0 Å². The van der Waals surface area contributed by atoms with Crippen molar-refractivity contribution < 1.29 is 0 Å². The summed E-state index contributed by atoms with van der Waals surface area (Å²) in [5, 5.41) is 3.16. The van der Waals surface area contributed by atoms with Gasteiger partial charge in [0.15, 0.2) is 5.96 Å². The summed E-state index contributed by atoms with van der Waals surface area (Å²) in [6.45, 7) is 8.08. The lowest BCUT2D eigenvalue weighted by Gasteiger charge is -2.08. The quantitative estimate of drug-likeness (QED) is 0.347. The molecule has 0 aliphatic carbocycles. The largest absolute Gasteiger partial charge is 0.370 e. The molecule has 0 radical (unpaired) electrons. The van der Waals surface area contributed by atoms with Crippen molar-refractivity contribution in [1.29, 1.82) is 0 Å². The lowest BCUT2D eigenvalue weighted by molar-refractivity contribution is 0.790. The number of hydrogen-bond acceptors (Lipinski definition) is 1. The lowest BCUT2D eigenvalue weighted by atomic mass is 10.0. The molecule has 0 saturated carbocycles. The third kappa shape index (κ3) is 7.40. The van der Waals surface area contributed by atoms with Crippen molar-refractivity contribution in [2.45, 2.75) is 40.0 Å². The molecule has 0 unspecified atom stereocenters. The minimum Gasteiger partial charge on any atom is -0.370 e. The smallest absolute Gasteiger partial charge is 0.188 e. The number of guanidine groups is 1. The molecule has 0 spiro atoms. The Labute approximate surface area is 134 Å². The van der Waals surface area contributed by atoms with Gasteiger partial charge in [-0.1, -0.05) is 37.1 Å². The second kappa shape index (κ2) is 10.1. The molecule has 0 aliphatic heterocycles. The van der Waals surface area contributed by atoms with Gasteiger partial charge in [-0.15, -0.1) is 24.0 Å². The maximum atomic E-state index is 5.78. The van der Waals surface area contributed by atoms with Gasteiger partial charge in [-0.2, -0.15) is 0 Å². The van der Waals surface area contributed by atoms with Gasteiger partial charge in [0, 0.05) is 13.1 Å². The van der Waals surface area contributed by atoms with Gasteiger partial charge in [0.05, 0.1) is 0 Å². The maximum Gasteiger partial charge on any atom is 0.188 e. The van der Waals surface area contributed by atoms with E-state index in [0.717, 1.165) is 32.4 Å². The second-order valence-electron chi connectivity index (χ2n) is 4.73. The Kier molecular flexibility index (Phi) is 9.65. The van der Waals surface area contributed by atoms with E-state index in [1.54, 1.807) is 0 Å². The Morgan fingerprint density at radius 3 is 2.68 bits per heavy atom. The molecule has 0 bridgehead atoms. The minimum absolute atomic E-state index is 0. The van der Waals surface area contributed by atoms with E-state index in [0.29, 0.717) is 5.96 Å². The van der Waals surface area contributed by atoms with E-state index in [2.05, 4.69) is 49.3 Å². The van der Waals surface area contributed by atoms with Crippen molar-refractivity contribution in [3.63, 3.8) is 0 Å². The maximum absolute atomic E-state index is 5.78. The van der Waals surface area contributed by atoms with Crippen LogP contribution >= 0.6 is 24.0 Å². The molecule has 3 N–H and O–H groups in total. The number of halogens is 1. The fraction of sp³-hybridized carbons (Fsp3) is 0.533. The number of hydrogen-bond donors (Lipinski definition) is 2. The first-order valence-corrected chi connectivity index (χ1v) is 6.73. The van der Waals surface area contributed by atoms with Crippen LogP contribution in [0.25, 0.3) is 0 Å². The van der Waals surface area contributed by atoms with Crippen molar-refractivity contribution in [3.05, 3.63) is 34.9 Å². The molecule has 4 heteroatoms. The van der Waals surface area contributed by atoms with Crippen LogP contribution in [-0.4, -0.2) is 19.0 Å². The van der Waals surface area contributed by atoms with E-state index < -0.39 is 0 Å². The molecule has 3 nitrogen and oxygen atoms in total. The number of aryl methyl sites for hydroxylation is 2. The van der Waals surface area contributed by atoms with Gasteiger partial charge in [0.25, 0.3) is 0 Å². The predicted molar refractivity (Wildman–Crippen MR) is 94.4 cm³/mol. The van der Waals surface area contributed by atoms with Crippen LogP contribution in [0.5, 0.6) is 0 Å². The molecule has 0 saturated heterocycles. The van der Waals surface area contributed by atoms with Gasteiger partial charge in [-0.25, -0.2) is 0 Å². The highest BCUT2D eigenvalue weighted by molar-refractivity contribution is 14.0. The summed E-state index contributed by atoms with van der Waals surface area (Å²) in [6.07, 6.45) is 3.23. The van der Waals surface area contributed by atoms with Crippen molar-refractivity contribution in [2.75, 3.05) is 13.1 Å². The van der Waals surface area contributed by atoms with E-state index in [1.807, 2.05) is 0 Å². The molecule has 0 aromatic heterocycles. The third-order valence-electron chi connectivity index (χ3n) is 2.99. The molecule has 0 aliphatic rings. The zero-order valence-electron chi connectivity index (χ0n) is 12.2. The standard InChI is InChI=1S/C15H25N3.HI/c1-4-5-9-17-15(16)18-10-8-14-7-6-12(2)11-13(14)3;/h6-7,11H,4-5,8-10H2,1-3H3,(H3,16,17,18);1H. The fourth-order valence-corrected chi connectivity index (χ4v) is 1.87. The molecule has 0 heterocycles. The van der Waals surface area contributed by atoms with E-state index in [4.69, 9.17) is 5.73 Å². The van der Waals surface area contributed by atoms with Crippen LogP contribution in [0.1, 0.15) is 36.5 Å². The van der Waals surface area contributed by atoms with Gasteiger partial charge in [0.1, 0.15) is 0 Å². The van der Waals surface area contributed by atoms with Gasteiger partial charge < -0.3 is 11.1 Å². The topological polar surface area (TPSA) is 50.4 Å². The number of benzene rings is 1. The molecule has 0 atom stereocenters. The number of unbranched alkanes of at least 4 members (excludes halogenated alkanes) is 1. The molecule has 1 aromatic rings. The summed E-state index contributed by atoms with van der Waals surface area (Å²) in [5.41, 5.74) is 9.81. The first-order chi connectivity index (χ1) is 8.63. The Balaban J connectivity index is 0.00000324. The molecule has 0 fully saturated rings. The monoisotopic (exact) mass is 375 g/mol. The van der Waals surface area contributed by atoms with Crippen LogP contribution in [0.3, 0.4) is 0 Å². The van der Waals surface area contributed by atoms with E-state index >= 15 is 0 Å². The highest BCUT2D eigenvalue weighted by Gasteiger charge is 1.98. The van der Waals surface area contributed by atoms with Gasteiger partial charge in [-0.05, 0) is 37.8 Å². The zero-order valence-corrected chi connectivity index (χ0v) is 14.5. The molecular formula is C15H26IN3. The lowest BCUT2D eigenvalue weighted by Crippen LogP contribution is -2.33. The Bertz CT molecular complexity index is 402. The Hall–Kier alpha value is -0.780. The molecule has 19 heavy (non-hydrogen) atoms. The van der Waals surface area contributed by atoms with Crippen LogP contribution in [0.15, 0.2) is 23.2 Å². The molecule has 1 rings (SSSR count). The summed E-state index contributed by atoms with van der Waals surface area (Å²) in [6, 6.07) is 6.56.